The van der Waals surface area contributed by atoms with Crippen molar-refractivity contribution in [2.24, 2.45) is 0 Å². The van der Waals surface area contributed by atoms with Gasteiger partial charge in [-0.2, -0.15) is 0 Å². The molecule has 2 N–H and O–H groups in total. The summed E-state index contributed by atoms with van der Waals surface area (Å²) < 4.78 is 13.0. The topological polar surface area (TPSA) is 62.2 Å². The van der Waals surface area contributed by atoms with Gasteiger partial charge in [0.05, 0.1) is 12.8 Å². The van der Waals surface area contributed by atoms with Crippen LogP contribution in [0.3, 0.4) is 0 Å². The normalized spacial score (nSPS) is 10.4. The molecule has 2 aromatic rings. The standard InChI is InChI=1S/C16H17FN2O2/c1-11-2-3-13(10-20)7-15(11)19-16(21)5-4-12-6-14(17)9-18-8-12/h2-3,6-9,20H,4-5,10H2,1H3,(H,19,21). The smallest absolute Gasteiger partial charge is 0.224 e. The van der Waals surface area contributed by atoms with Gasteiger partial charge in [0.1, 0.15) is 5.82 Å². The monoisotopic (exact) mass is 288 g/mol. The van der Waals surface area contributed by atoms with E-state index in [2.05, 4.69) is 10.3 Å². The minimum absolute atomic E-state index is 0.0713. The molecule has 0 aliphatic heterocycles. The van der Waals surface area contributed by atoms with Gasteiger partial charge in [0.15, 0.2) is 0 Å². The summed E-state index contributed by atoms with van der Waals surface area (Å²) in [6.45, 7) is 1.81. The van der Waals surface area contributed by atoms with Crippen LogP contribution >= 0.6 is 0 Å². The third-order valence-corrected chi connectivity index (χ3v) is 3.16. The maximum Gasteiger partial charge on any atom is 0.224 e. The molecule has 1 amide bonds. The summed E-state index contributed by atoms with van der Waals surface area (Å²) in [4.78, 5) is 15.7. The first kappa shape index (κ1) is 15.1. The predicted molar refractivity (Wildman–Crippen MR) is 78.2 cm³/mol. The number of aryl methyl sites for hydroxylation is 2. The molecule has 1 aromatic heterocycles. The Morgan fingerprint density at radius 3 is 2.81 bits per heavy atom. The number of rotatable bonds is 5. The first-order valence-electron chi connectivity index (χ1n) is 6.68. The summed E-state index contributed by atoms with van der Waals surface area (Å²) in [6.07, 6.45) is 3.35. The minimum atomic E-state index is -0.403. The van der Waals surface area contributed by atoms with E-state index in [1.807, 2.05) is 19.1 Å². The van der Waals surface area contributed by atoms with Crippen molar-refractivity contribution in [3.8, 4) is 0 Å². The number of pyridine rings is 1. The first-order valence-corrected chi connectivity index (χ1v) is 6.68. The lowest BCUT2D eigenvalue weighted by Gasteiger charge is -2.10. The number of amides is 1. The van der Waals surface area contributed by atoms with Crippen molar-refractivity contribution in [3.05, 3.63) is 59.2 Å². The SMILES string of the molecule is Cc1ccc(CO)cc1NC(=O)CCc1cncc(F)c1. The van der Waals surface area contributed by atoms with Gasteiger partial charge in [-0.25, -0.2) is 4.39 Å². The molecule has 0 saturated heterocycles. The van der Waals surface area contributed by atoms with E-state index >= 15 is 0 Å². The van der Waals surface area contributed by atoms with Crippen LogP contribution in [0.5, 0.6) is 0 Å². The molecule has 0 aliphatic carbocycles. The number of nitrogens with one attached hydrogen (secondary N) is 1. The first-order chi connectivity index (χ1) is 10.1. The summed E-state index contributed by atoms with van der Waals surface area (Å²) in [5.74, 6) is -0.558. The molecule has 0 fully saturated rings. The molecular formula is C16H17FN2O2. The van der Waals surface area contributed by atoms with Gasteiger partial charge in [0.25, 0.3) is 0 Å². The summed E-state index contributed by atoms with van der Waals surface area (Å²) in [6, 6.07) is 6.77. The van der Waals surface area contributed by atoms with Gasteiger partial charge in [0.2, 0.25) is 5.91 Å². The van der Waals surface area contributed by atoms with E-state index < -0.39 is 5.82 Å². The summed E-state index contributed by atoms with van der Waals surface area (Å²) in [7, 11) is 0. The van der Waals surface area contributed by atoms with E-state index in [1.54, 1.807) is 12.3 Å². The molecule has 0 aliphatic rings. The lowest BCUT2D eigenvalue weighted by molar-refractivity contribution is -0.116. The highest BCUT2D eigenvalue weighted by Gasteiger charge is 2.07. The summed E-state index contributed by atoms with van der Waals surface area (Å²) in [5, 5.41) is 11.9. The maximum atomic E-state index is 13.0. The molecule has 2 rings (SSSR count). The van der Waals surface area contributed by atoms with Gasteiger partial charge >= 0.3 is 0 Å². The largest absolute Gasteiger partial charge is 0.392 e. The summed E-state index contributed by atoms with van der Waals surface area (Å²) in [5.41, 5.74) is 3.04. The fraction of sp³-hybridized carbons (Fsp3) is 0.250. The Morgan fingerprint density at radius 1 is 1.29 bits per heavy atom. The fourth-order valence-corrected chi connectivity index (χ4v) is 1.97. The molecule has 0 atom stereocenters. The van der Waals surface area contributed by atoms with Crippen molar-refractivity contribution in [2.45, 2.75) is 26.4 Å². The van der Waals surface area contributed by atoms with E-state index in [0.717, 1.165) is 17.3 Å². The Hall–Kier alpha value is -2.27. The molecule has 21 heavy (non-hydrogen) atoms. The van der Waals surface area contributed by atoms with E-state index in [1.165, 1.54) is 6.07 Å². The second-order valence-electron chi connectivity index (χ2n) is 4.87. The second-order valence-corrected chi connectivity index (χ2v) is 4.87. The molecule has 0 bridgehead atoms. The molecule has 0 radical (unpaired) electrons. The van der Waals surface area contributed by atoms with Crippen LogP contribution in [0, 0.1) is 12.7 Å². The number of carbonyl (C=O) groups excluding carboxylic acids is 1. The minimum Gasteiger partial charge on any atom is -0.392 e. The highest BCUT2D eigenvalue weighted by atomic mass is 19.1. The third-order valence-electron chi connectivity index (χ3n) is 3.16. The molecule has 0 spiro atoms. The Morgan fingerprint density at radius 2 is 2.10 bits per heavy atom. The number of carbonyl (C=O) groups is 1. The van der Waals surface area contributed by atoms with Crippen LogP contribution in [0.1, 0.15) is 23.1 Å². The zero-order valence-corrected chi connectivity index (χ0v) is 11.8. The fourth-order valence-electron chi connectivity index (χ4n) is 1.97. The molecule has 4 nitrogen and oxygen atoms in total. The number of nitrogens with zero attached hydrogens (tertiary/aromatic N) is 1. The lowest BCUT2D eigenvalue weighted by atomic mass is 10.1. The van der Waals surface area contributed by atoms with Crippen molar-refractivity contribution in [2.75, 3.05) is 5.32 Å². The molecule has 1 aromatic carbocycles. The number of aromatic nitrogens is 1. The molecule has 110 valence electrons. The van der Waals surface area contributed by atoms with Crippen LogP contribution in [0.15, 0.2) is 36.7 Å². The van der Waals surface area contributed by atoms with E-state index in [4.69, 9.17) is 5.11 Å². The van der Waals surface area contributed by atoms with E-state index in [-0.39, 0.29) is 18.9 Å². The van der Waals surface area contributed by atoms with Crippen LogP contribution in [0.2, 0.25) is 0 Å². The van der Waals surface area contributed by atoms with E-state index in [0.29, 0.717) is 17.7 Å². The van der Waals surface area contributed by atoms with Crippen molar-refractivity contribution in [1.82, 2.24) is 4.98 Å². The number of anilines is 1. The lowest BCUT2D eigenvalue weighted by Crippen LogP contribution is -2.13. The average Bonchev–Trinajstić information content (AvgIpc) is 2.47. The molecule has 0 saturated carbocycles. The zero-order valence-electron chi connectivity index (χ0n) is 11.8. The number of aliphatic hydroxyl groups excluding tert-OH is 1. The highest BCUT2D eigenvalue weighted by Crippen LogP contribution is 2.17. The van der Waals surface area contributed by atoms with Crippen LogP contribution in [-0.2, 0) is 17.8 Å². The summed E-state index contributed by atoms with van der Waals surface area (Å²) >= 11 is 0. The zero-order chi connectivity index (χ0) is 15.2. The van der Waals surface area contributed by atoms with Gasteiger partial charge in [-0.15, -0.1) is 0 Å². The number of halogens is 1. The predicted octanol–water partition coefficient (Wildman–Crippen LogP) is 2.59. The van der Waals surface area contributed by atoms with Crippen molar-refractivity contribution >= 4 is 11.6 Å². The van der Waals surface area contributed by atoms with Crippen LogP contribution in [0.4, 0.5) is 10.1 Å². The van der Waals surface area contributed by atoms with Crippen LogP contribution in [-0.4, -0.2) is 16.0 Å². The van der Waals surface area contributed by atoms with Gasteiger partial charge in [-0.05, 0) is 42.2 Å². The van der Waals surface area contributed by atoms with Gasteiger partial charge in [-0.1, -0.05) is 12.1 Å². The van der Waals surface area contributed by atoms with E-state index in [9.17, 15) is 9.18 Å². The van der Waals surface area contributed by atoms with Gasteiger partial charge in [0, 0.05) is 18.3 Å². The van der Waals surface area contributed by atoms with Gasteiger partial charge < -0.3 is 10.4 Å². The average molecular weight is 288 g/mol. The Bertz CT molecular complexity index is 644. The second kappa shape index (κ2) is 6.95. The highest BCUT2D eigenvalue weighted by molar-refractivity contribution is 5.91. The molecule has 5 heteroatoms. The molecular weight excluding hydrogens is 271 g/mol. The van der Waals surface area contributed by atoms with Crippen molar-refractivity contribution < 1.29 is 14.3 Å². The number of aliphatic hydroxyl groups is 1. The number of hydrogen-bond donors (Lipinski definition) is 2. The number of hydrogen-bond acceptors (Lipinski definition) is 3. The molecule has 1 heterocycles. The molecule has 0 unspecified atom stereocenters. The Kier molecular flexibility index (Phi) is 5.00. The third kappa shape index (κ3) is 4.36. The maximum absolute atomic E-state index is 13.0. The Labute approximate surface area is 122 Å². The van der Waals surface area contributed by atoms with Gasteiger partial charge in [-0.3, -0.25) is 9.78 Å². The van der Waals surface area contributed by atoms with Crippen molar-refractivity contribution in [1.29, 1.82) is 0 Å². The number of benzene rings is 1. The Balaban J connectivity index is 1.96. The quantitative estimate of drug-likeness (QED) is 0.889. The van der Waals surface area contributed by atoms with Crippen molar-refractivity contribution in [3.63, 3.8) is 0 Å². The van der Waals surface area contributed by atoms with Crippen LogP contribution < -0.4 is 5.32 Å². The van der Waals surface area contributed by atoms with Crippen LogP contribution in [0.25, 0.3) is 0 Å².